The number of nitro benzene ring substituents is 1. The number of benzene rings is 1. The molecule has 124 valence electrons. The SMILES string of the molecule is O=C(COc1cccc([N+](=O)[O-])c1)N1CCC2(CCNC2)CC1. The van der Waals surface area contributed by atoms with E-state index >= 15 is 0 Å². The van der Waals surface area contributed by atoms with Crippen molar-refractivity contribution < 1.29 is 14.5 Å². The lowest BCUT2D eigenvalue weighted by molar-refractivity contribution is -0.384. The number of piperidine rings is 1. The maximum absolute atomic E-state index is 12.2. The van der Waals surface area contributed by atoms with Gasteiger partial charge in [0.25, 0.3) is 11.6 Å². The van der Waals surface area contributed by atoms with Gasteiger partial charge in [0, 0.05) is 25.7 Å². The maximum atomic E-state index is 12.2. The third-order valence-corrected chi connectivity index (χ3v) is 4.90. The molecule has 2 aliphatic rings. The van der Waals surface area contributed by atoms with E-state index in [0.717, 1.165) is 39.0 Å². The summed E-state index contributed by atoms with van der Waals surface area (Å²) in [7, 11) is 0. The van der Waals surface area contributed by atoms with Gasteiger partial charge in [-0.25, -0.2) is 0 Å². The molecule has 2 heterocycles. The summed E-state index contributed by atoms with van der Waals surface area (Å²) >= 11 is 0. The van der Waals surface area contributed by atoms with Crippen molar-refractivity contribution in [2.75, 3.05) is 32.8 Å². The second kappa shape index (κ2) is 6.54. The van der Waals surface area contributed by atoms with Crippen LogP contribution in [0.3, 0.4) is 0 Å². The molecule has 2 saturated heterocycles. The maximum Gasteiger partial charge on any atom is 0.273 e. The van der Waals surface area contributed by atoms with Crippen LogP contribution in [-0.2, 0) is 4.79 Å². The molecule has 3 rings (SSSR count). The van der Waals surface area contributed by atoms with Gasteiger partial charge in [-0.15, -0.1) is 0 Å². The molecule has 1 amide bonds. The van der Waals surface area contributed by atoms with Gasteiger partial charge >= 0.3 is 0 Å². The third-order valence-electron chi connectivity index (χ3n) is 4.90. The normalized spacial score (nSPS) is 19.7. The van der Waals surface area contributed by atoms with Crippen LogP contribution in [0.5, 0.6) is 5.75 Å². The standard InChI is InChI=1S/C16H21N3O4/c20-15(11-23-14-3-1-2-13(10-14)19(21)22)18-8-5-16(6-9-18)4-7-17-12-16/h1-3,10,17H,4-9,11-12H2. The minimum atomic E-state index is -0.478. The highest BCUT2D eigenvalue weighted by molar-refractivity contribution is 5.77. The van der Waals surface area contributed by atoms with Crippen molar-refractivity contribution in [2.24, 2.45) is 5.41 Å². The molecule has 1 N–H and O–H groups in total. The minimum absolute atomic E-state index is 0.0383. The summed E-state index contributed by atoms with van der Waals surface area (Å²) in [5.74, 6) is 0.290. The fourth-order valence-electron chi connectivity index (χ4n) is 3.38. The first-order chi connectivity index (χ1) is 11.1. The molecule has 0 unspecified atom stereocenters. The largest absolute Gasteiger partial charge is 0.484 e. The van der Waals surface area contributed by atoms with Gasteiger partial charge in [0.1, 0.15) is 5.75 Å². The van der Waals surface area contributed by atoms with Crippen LogP contribution in [0.2, 0.25) is 0 Å². The van der Waals surface area contributed by atoms with Gasteiger partial charge in [0.15, 0.2) is 6.61 Å². The molecular formula is C16H21N3O4. The van der Waals surface area contributed by atoms with Gasteiger partial charge in [0.05, 0.1) is 11.0 Å². The first-order valence-electron chi connectivity index (χ1n) is 7.94. The van der Waals surface area contributed by atoms with E-state index in [1.165, 1.54) is 18.6 Å². The lowest BCUT2D eigenvalue weighted by Gasteiger charge is -2.38. The molecular weight excluding hydrogens is 298 g/mol. The fraction of sp³-hybridized carbons (Fsp3) is 0.562. The molecule has 0 saturated carbocycles. The molecule has 1 aromatic rings. The highest BCUT2D eigenvalue weighted by atomic mass is 16.6. The van der Waals surface area contributed by atoms with Gasteiger partial charge in [-0.1, -0.05) is 6.07 Å². The number of nitrogens with one attached hydrogen (secondary N) is 1. The van der Waals surface area contributed by atoms with Crippen LogP contribution < -0.4 is 10.1 Å². The summed E-state index contributed by atoms with van der Waals surface area (Å²) in [5, 5.41) is 14.1. The number of rotatable bonds is 4. The quantitative estimate of drug-likeness (QED) is 0.673. The first-order valence-corrected chi connectivity index (χ1v) is 7.94. The Hall–Kier alpha value is -2.15. The van der Waals surface area contributed by atoms with Crippen LogP contribution in [-0.4, -0.2) is 48.5 Å². The van der Waals surface area contributed by atoms with E-state index in [4.69, 9.17) is 4.74 Å². The highest BCUT2D eigenvalue weighted by Crippen LogP contribution is 2.36. The Balaban J connectivity index is 1.50. The minimum Gasteiger partial charge on any atom is -0.484 e. The van der Waals surface area contributed by atoms with Crippen LogP contribution in [0.15, 0.2) is 24.3 Å². The van der Waals surface area contributed by atoms with Gasteiger partial charge in [-0.3, -0.25) is 14.9 Å². The first kappa shape index (κ1) is 15.7. The molecule has 7 heteroatoms. The van der Waals surface area contributed by atoms with Gasteiger partial charge in [0.2, 0.25) is 0 Å². The molecule has 0 bridgehead atoms. The summed E-state index contributed by atoms with van der Waals surface area (Å²) < 4.78 is 5.42. The summed E-state index contributed by atoms with van der Waals surface area (Å²) in [5.41, 5.74) is 0.334. The van der Waals surface area contributed by atoms with Crippen molar-refractivity contribution in [3.05, 3.63) is 34.4 Å². The van der Waals surface area contributed by atoms with E-state index in [-0.39, 0.29) is 18.2 Å². The van der Waals surface area contributed by atoms with Crippen LogP contribution >= 0.6 is 0 Å². The number of hydrogen-bond acceptors (Lipinski definition) is 5. The zero-order chi connectivity index (χ0) is 16.3. The van der Waals surface area contributed by atoms with E-state index in [1.807, 2.05) is 4.90 Å². The van der Waals surface area contributed by atoms with Crippen molar-refractivity contribution >= 4 is 11.6 Å². The number of hydrogen-bond donors (Lipinski definition) is 1. The highest BCUT2D eigenvalue weighted by Gasteiger charge is 2.38. The van der Waals surface area contributed by atoms with Gasteiger partial charge in [-0.05, 0) is 37.3 Å². The van der Waals surface area contributed by atoms with E-state index in [2.05, 4.69) is 5.32 Å². The molecule has 0 aliphatic carbocycles. The van der Waals surface area contributed by atoms with Crippen molar-refractivity contribution in [1.82, 2.24) is 10.2 Å². The van der Waals surface area contributed by atoms with E-state index in [0.29, 0.717) is 11.2 Å². The van der Waals surface area contributed by atoms with Crippen LogP contribution in [0, 0.1) is 15.5 Å². The van der Waals surface area contributed by atoms with Crippen molar-refractivity contribution in [3.63, 3.8) is 0 Å². The average Bonchev–Trinajstić information content (AvgIpc) is 3.01. The summed E-state index contributed by atoms with van der Waals surface area (Å²) in [6.45, 7) is 3.58. The molecule has 0 radical (unpaired) electrons. The molecule has 0 aromatic heterocycles. The van der Waals surface area contributed by atoms with E-state index in [9.17, 15) is 14.9 Å². The van der Waals surface area contributed by atoms with E-state index in [1.54, 1.807) is 12.1 Å². The molecule has 2 aliphatic heterocycles. The summed E-state index contributed by atoms with van der Waals surface area (Å²) in [4.78, 5) is 24.3. The summed E-state index contributed by atoms with van der Waals surface area (Å²) in [6, 6.07) is 5.91. The Morgan fingerprint density at radius 2 is 2.13 bits per heavy atom. The van der Waals surface area contributed by atoms with Gasteiger partial charge in [-0.2, -0.15) is 0 Å². The number of nitrogens with zero attached hydrogens (tertiary/aromatic N) is 2. The Morgan fingerprint density at radius 1 is 1.35 bits per heavy atom. The lowest BCUT2D eigenvalue weighted by atomic mass is 9.78. The Labute approximate surface area is 134 Å². The second-order valence-corrected chi connectivity index (χ2v) is 6.35. The van der Waals surface area contributed by atoms with Crippen molar-refractivity contribution in [3.8, 4) is 5.75 Å². The molecule has 1 aromatic carbocycles. The molecule has 0 atom stereocenters. The summed E-state index contributed by atoms with van der Waals surface area (Å²) in [6.07, 6.45) is 3.25. The molecule has 2 fully saturated rings. The van der Waals surface area contributed by atoms with Crippen molar-refractivity contribution in [2.45, 2.75) is 19.3 Å². The number of non-ortho nitro benzene ring substituents is 1. The predicted molar refractivity (Wildman–Crippen MR) is 84.3 cm³/mol. The number of carbonyl (C=O) groups is 1. The van der Waals surface area contributed by atoms with Crippen LogP contribution in [0.25, 0.3) is 0 Å². The fourth-order valence-corrected chi connectivity index (χ4v) is 3.38. The second-order valence-electron chi connectivity index (χ2n) is 6.35. The number of likely N-dealkylation sites (tertiary alicyclic amines) is 1. The van der Waals surface area contributed by atoms with Crippen LogP contribution in [0.1, 0.15) is 19.3 Å². The number of amides is 1. The lowest BCUT2D eigenvalue weighted by Crippen LogP contribution is -2.45. The monoisotopic (exact) mass is 319 g/mol. The topological polar surface area (TPSA) is 84.7 Å². The smallest absolute Gasteiger partial charge is 0.273 e. The molecule has 23 heavy (non-hydrogen) atoms. The number of nitro groups is 1. The molecule has 7 nitrogen and oxygen atoms in total. The van der Waals surface area contributed by atoms with E-state index < -0.39 is 4.92 Å². The average molecular weight is 319 g/mol. The predicted octanol–water partition coefficient (Wildman–Crippen LogP) is 1.58. The number of ether oxygens (including phenoxy) is 1. The van der Waals surface area contributed by atoms with Crippen molar-refractivity contribution in [1.29, 1.82) is 0 Å². The van der Waals surface area contributed by atoms with Crippen LogP contribution in [0.4, 0.5) is 5.69 Å². The zero-order valence-corrected chi connectivity index (χ0v) is 13.0. The Bertz CT molecular complexity index is 589. The molecule has 1 spiro atoms. The third kappa shape index (κ3) is 3.61. The zero-order valence-electron chi connectivity index (χ0n) is 13.0. The van der Waals surface area contributed by atoms with Gasteiger partial charge < -0.3 is 15.0 Å². The number of carbonyl (C=O) groups excluding carboxylic acids is 1. The Morgan fingerprint density at radius 3 is 2.78 bits per heavy atom. The Kier molecular flexibility index (Phi) is 4.47.